The van der Waals surface area contributed by atoms with E-state index >= 15 is 0 Å². The molecule has 0 unspecified atom stereocenters. The van der Waals surface area contributed by atoms with Crippen LogP contribution in [0.3, 0.4) is 0 Å². The van der Waals surface area contributed by atoms with Gasteiger partial charge in [0.2, 0.25) is 11.8 Å². The highest BCUT2D eigenvalue weighted by Gasteiger charge is 2.33. The molecule has 0 aliphatic heterocycles. The molecule has 46 heavy (non-hydrogen) atoms. The Morgan fingerprint density at radius 3 is 1.13 bits per heavy atom. The first-order valence-corrected chi connectivity index (χ1v) is 19.3. The number of allylic oxidation sites excluding steroid dienone is 8. The van der Waals surface area contributed by atoms with Crippen LogP contribution in [0.5, 0.6) is 0 Å². The smallest absolute Gasteiger partial charge is 0.222 e. The molecule has 0 spiro atoms. The summed E-state index contributed by atoms with van der Waals surface area (Å²) in [5.74, 6) is -0.806. The van der Waals surface area contributed by atoms with E-state index in [-0.39, 0.29) is 11.8 Å². The van der Waals surface area contributed by atoms with Gasteiger partial charge in [-0.1, -0.05) is 134 Å². The molecule has 0 rings (SSSR count). The van der Waals surface area contributed by atoms with Gasteiger partial charge in [-0.3, -0.25) is 14.5 Å². The molecule has 5 nitrogen and oxygen atoms in total. The van der Waals surface area contributed by atoms with E-state index in [0.717, 1.165) is 64.2 Å². The van der Waals surface area contributed by atoms with Crippen molar-refractivity contribution in [3.8, 4) is 0 Å². The van der Waals surface area contributed by atoms with Gasteiger partial charge in [0.1, 0.15) is 0 Å². The first-order chi connectivity index (χ1) is 22.4. The zero-order valence-corrected chi connectivity index (χ0v) is 31.1. The van der Waals surface area contributed by atoms with Crippen LogP contribution in [-0.2, 0) is 9.59 Å². The third kappa shape index (κ3) is 27.0. The molecule has 5 heteroatoms. The van der Waals surface area contributed by atoms with E-state index in [2.05, 4.69) is 73.1 Å². The van der Waals surface area contributed by atoms with Crippen molar-refractivity contribution in [1.82, 2.24) is 15.5 Å². The number of rotatable bonds is 32. The Hall–Kier alpha value is -2.14. The fraction of sp³-hybridized carbons (Fsp3) is 0.756. The maximum atomic E-state index is 12.8. The van der Waals surface area contributed by atoms with Crippen molar-refractivity contribution >= 4 is 11.8 Å². The highest BCUT2D eigenvalue weighted by atomic mass is 16.2. The number of amides is 2. The molecule has 0 saturated heterocycles. The normalized spacial score (nSPS) is 12.5. The summed E-state index contributed by atoms with van der Waals surface area (Å²) in [5.41, 5.74) is 0. The molecule has 0 heterocycles. The Morgan fingerprint density at radius 1 is 0.478 bits per heavy atom. The van der Waals surface area contributed by atoms with E-state index in [9.17, 15) is 9.59 Å². The number of hydrogen-bond acceptors (Lipinski definition) is 3. The Balaban J connectivity index is 4.04. The number of carbonyl (C=O) groups excluding carboxylic acids is 2. The third-order valence-electron chi connectivity index (χ3n) is 8.68. The highest BCUT2D eigenvalue weighted by molar-refractivity contribution is 5.80. The Bertz CT molecular complexity index is 768. The summed E-state index contributed by atoms with van der Waals surface area (Å²) in [6.07, 6.45) is 45.7. The van der Waals surface area contributed by atoms with Gasteiger partial charge in [-0.25, -0.2) is 0 Å². The van der Waals surface area contributed by atoms with Crippen molar-refractivity contribution in [2.75, 3.05) is 14.1 Å². The largest absolute Gasteiger partial charge is 0.321 e. The number of unbranched alkanes of at least 4 members (excludes halogenated alkanes) is 16. The average molecular weight is 642 g/mol. The predicted molar refractivity (Wildman–Crippen MR) is 202 cm³/mol. The lowest BCUT2D eigenvalue weighted by molar-refractivity contribution is -0.132. The summed E-state index contributed by atoms with van der Waals surface area (Å²) in [4.78, 5) is 27.6. The van der Waals surface area contributed by atoms with Crippen LogP contribution in [0.2, 0.25) is 0 Å². The zero-order valence-electron chi connectivity index (χ0n) is 31.1. The lowest BCUT2D eigenvalue weighted by atomic mass is 10.1. The Morgan fingerprint density at radius 2 is 0.804 bits per heavy atom. The van der Waals surface area contributed by atoms with Gasteiger partial charge in [0, 0.05) is 19.3 Å². The predicted octanol–water partition coefficient (Wildman–Crippen LogP) is 11.5. The number of nitrogens with one attached hydrogen (secondary N) is 2. The molecule has 0 aliphatic rings. The van der Waals surface area contributed by atoms with Gasteiger partial charge >= 0.3 is 0 Å². The van der Waals surface area contributed by atoms with Gasteiger partial charge < -0.3 is 10.6 Å². The summed E-state index contributed by atoms with van der Waals surface area (Å²) >= 11 is 0. The molecular weight excluding hydrogens is 566 g/mol. The molecule has 2 amide bonds. The zero-order chi connectivity index (χ0) is 34.0. The van der Waals surface area contributed by atoms with E-state index in [0.29, 0.717) is 19.3 Å². The molecule has 0 aliphatic carbocycles. The van der Waals surface area contributed by atoms with Crippen LogP contribution in [0.4, 0.5) is 0 Å². The highest BCUT2D eigenvalue weighted by Crippen LogP contribution is 2.14. The SMILES string of the molecule is CCCCC/C=C\C/C=C\CCCCCCCC(=O)NC(CC)(NC(=O)CCCCCCC/C=C\C/C=C\CCCCC)N(C)C. The van der Waals surface area contributed by atoms with Crippen molar-refractivity contribution in [1.29, 1.82) is 0 Å². The second-order valence-corrected chi connectivity index (χ2v) is 13.2. The summed E-state index contributed by atoms with van der Waals surface area (Å²) in [7, 11) is 3.83. The molecular formula is C41H75N3O2. The molecule has 2 N–H and O–H groups in total. The minimum atomic E-state index is -0.831. The monoisotopic (exact) mass is 642 g/mol. The van der Waals surface area contributed by atoms with Crippen molar-refractivity contribution < 1.29 is 9.59 Å². The molecule has 0 aromatic carbocycles. The van der Waals surface area contributed by atoms with Gasteiger partial charge in [-0.05, 0) is 91.1 Å². The summed E-state index contributed by atoms with van der Waals surface area (Å²) in [6, 6.07) is 0. The van der Waals surface area contributed by atoms with Gasteiger partial charge in [0.25, 0.3) is 0 Å². The minimum Gasteiger partial charge on any atom is -0.321 e. The van der Waals surface area contributed by atoms with Crippen LogP contribution in [0.15, 0.2) is 48.6 Å². The Labute approximate surface area is 286 Å². The van der Waals surface area contributed by atoms with Gasteiger partial charge in [0.05, 0.1) is 0 Å². The van der Waals surface area contributed by atoms with E-state index in [1.165, 1.54) is 77.0 Å². The number of nitrogens with zero attached hydrogens (tertiary/aromatic N) is 1. The molecule has 266 valence electrons. The third-order valence-corrected chi connectivity index (χ3v) is 8.68. The van der Waals surface area contributed by atoms with Crippen molar-refractivity contribution in [2.45, 2.75) is 187 Å². The van der Waals surface area contributed by atoms with Crippen molar-refractivity contribution in [3.63, 3.8) is 0 Å². The van der Waals surface area contributed by atoms with E-state index in [1.807, 2.05) is 25.9 Å². The molecule has 0 aromatic heterocycles. The standard InChI is InChI=1S/C41H75N3O2/c1-6-9-11-13-15-17-19-21-23-25-27-29-31-33-35-37-39(45)42-41(8-3,44(4)5)43-40(46)38-36-34-32-30-28-26-24-22-20-18-16-14-12-10-7-2/h15-18,21-24H,6-14,19-20,25-38H2,1-5H3,(H,42,45)(H,43,46)/b17-15-,18-16-,23-21-,24-22-. The van der Waals surface area contributed by atoms with Crippen LogP contribution in [-0.4, -0.2) is 36.6 Å². The lowest BCUT2D eigenvalue weighted by Crippen LogP contribution is -2.68. The molecule has 0 bridgehead atoms. The molecule has 0 fully saturated rings. The molecule has 0 aromatic rings. The van der Waals surface area contributed by atoms with E-state index in [4.69, 9.17) is 0 Å². The van der Waals surface area contributed by atoms with Gasteiger partial charge in [-0.15, -0.1) is 0 Å². The minimum absolute atomic E-state index is 0.0126. The maximum absolute atomic E-state index is 12.8. The first kappa shape index (κ1) is 43.9. The van der Waals surface area contributed by atoms with Crippen LogP contribution < -0.4 is 10.6 Å². The van der Waals surface area contributed by atoms with Crippen LogP contribution in [0.1, 0.15) is 181 Å². The Kier molecular flexibility index (Phi) is 31.3. The summed E-state index contributed by atoms with van der Waals surface area (Å²) < 4.78 is 0. The molecule has 0 saturated carbocycles. The van der Waals surface area contributed by atoms with Crippen LogP contribution in [0, 0.1) is 0 Å². The summed E-state index contributed by atoms with van der Waals surface area (Å²) in [6.45, 7) is 6.50. The van der Waals surface area contributed by atoms with Crippen molar-refractivity contribution in [2.24, 2.45) is 0 Å². The van der Waals surface area contributed by atoms with Crippen molar-refractivity contribution in [3.05, 3.63) is 48.6 Å². The van der Waals surface area contributed by atoms with Crippen LogP contribution in [0.25, 0.3) is 0 Å². The maximum Gasteiger partial charge on any atom is 0.222 e. The fourth-order valence-corrected chi connectivity index (χ4v) is 5.53. The number of hydrogen-bond donors (Lipinski definition) is 2. The van der Waals surface area contributed by atoms with Gasteiger partial charge in [0.15, 0.2) is 5.79 Å². The second kappa shape index (κ2) is 32.8. The summed E-state index contributed by atoms with van der Waals surface area (Å²) in [5, 5.41) is 6.29. The quantitative estimate of drug-likeness (QED) is 0.0436. The van der Waals surface area contributed by atoms with E-state index in [1.54, 1.807) is 0 Å². The first-order valence-electron chi connectivity index (χ1n) is 19.3. The fourth-order valence-electron chi connectivity index (χ4n) is 5.53. The van der Waals surface area contributed by atoms with Crippen LogP contribution >= 0.6 is 0 Å². The second-order valence-electron chi connectivity index (χ2n) is 13.2. The average Bonchev–Trinajstić information content (AvgIpc) is 3.04. The lowest BCUT2D eigenvalue weighted by Gasteiger charge is -2.40. The van der Waals surface area contributed by atoms with E-state index < -0.39 is 5.79 Å². The molecule has 0 atom stereocenters. The van der Waals surface area contributed by atoms with Gasteiger partial charge in [-0.2, -0.15) is 0 Å². The topological polar surface area (TPSA) is 61.4 Å². The number of carbonyl (C=O) groups is 2. The molecule has 0 radical (unpaired) electrons.